The Labute approximate surface area is 189 Å². The second kappa shape index (κ2) is 7.11. The van der Waals surface area contributed by atoms with E-state index in [2.05, 4.69) is 10.6 Å². The third kappa shape index (κ3) is 2.67. The van der Waals surface area contributed by atoms with Crippen molar-refractivity contribution in [2.45, 2.75) is 25.4 Å². The summed E-state index contributed by atoms with van der Waals surface area (Å²) < 4.78 is 5.29. The Balaban J connectivity index is 1.67. The molecule has 4 unspecified atom stereocenters. The van der Waals surface area contributed by atoms with E-state index >= 15 is 0 Å². The van der Waals surface area contributed by atoms with E-state index in [1.165, 1.54) is 25.3 Å². The Morgan fingerprint density at radius 3 is 2.52 bits per heavy atom. The number of non-ortho nitro benzene ring substituents is 1. The van der Waals surface area contributed by atoms with Gasteiger partial charge in [-0.05, 0) is 18.1 Å². The van der Waals surface area contributed by atoms with Crippen molar-refractivity contribution in [1.82, 2.24) is 5.32 Å². The smallest absolute Gasteiger partial charge is 0.273 e. The molecule has 0 bridgehead atoms. The minimum Gasteiger partial charge on any atom is -0.494 e. The van der Waals surface area contributed by atoms with Crippen molar-refractivity contribution in [2.75, 3.05) is 17.3 Å². The molecule has 3 aliphatic heterocycles. The number of imide groups is 1. The van der Waals surface area contributed by atoms with Gasteiger partial charge in [-0.3, -0.25) is 29.8 Å². The summed E-state index contributed by atoms with van der Waals surface area (Å²) in [6.45, 7) is 3.86. The van der Waals surface area contributed by atoms with Gasteiger partial charge < -0.3 is 10.1 Å². The van der Waals surface area contributed by atoms with E-state index in [1.54, 1.807) is 24.3 Å². The second-order valence-electron chi connectivity index (χ2n) is 8.85. The van der Waals surface area contributed by atoms with Crippen molar-refractivity contribution in [1.29, 1.82) is 0 Å². The molecule has 2 aromatic rings. The summed E-state index contributed by atoms with van der Waals surface area (Å²) in [7, 11) is 1.31. The molecule has 3 heterocycles. The first-order valence-corrected chi connectivity index (χ1v) is 10.6. The number of fused-ring (bicyclic) bond motifs is 4. The summed E-state index contributed by atoms with van der Waals surface area (Å²) in [6.07, 6.45) is 0. The van der Waals surface area contributed by atoms with Crippen LogP contribution in [-0.4, -0.2) is 35.8 Å². The molecule has 0 aromatic heterocycles. The molecule has 0 aliphatic carbocycles. The van der Waals surface area contributed by atoms with Crippen LogP contribution in [-0.2, 0) is 19.9 Å². The maximum atomic E-state index is 13.9. The third-order valence-electron chi connectivity index (χ3n) is 6.89. The van der Waals surface area contributed by atoms with Crippen molar-refractivity contribution in [2.24, 2.45) is 17.8 Å². The van der Waals surface area contributed by atoms with Gasteiger partial charge in [0.2, 0.25) is 17.7 Å². The van der Waals surface area contributed by atoms with Crippen LogP contribution in [0.3, 0.4) is 0 Å². The molecule has 170 valence electrons. The Morgan fingerprint density at radius 2 is 1.85 bits per heavy atom. The highest BCUT2D eigenvalue weighted by atomic mass is 16.6. The zero-order chi connectivity index (χ0) is 23.7. The number of nitrogens with zero attached hydrogens (tertiary/aromatic N) is 2. The number of hydrogen-bond donors (Lipinski definition) is 2. The average molecular weight is 450 g/mol. The van der Waals surface area contributed by atoms with Crippen molar-refractivity contribution in [3.05, 3.63) is 58.1 Å². The van der Waals surface area contributed by atoms with Gasteiger partial charge in [0.25, 0.3) is 5.69 Å². The quantitative estimate of drug-likeness (QED) is 0.415. The third-order valence-corrected chi connectivity index (χ3v) is 6.89. The lowest BCUT2D eigenvalue weighted by Gasteiger charge is -2.30. The normalized spacial score (nSPS) is 27.8. The number of anilines is 2. The fourth-order valence-corrected chi connectivity index (χ4v) is 5.47. The number of nitro groups is 1. The zero-order valence-corrected chi connectivity index (χ0v) is 18.2. The number of hydrogen-bond acceptors (Lipinski definition) is 7. The topological polar surface area (TPSA) is 131 Å². The SMILES string of the molecule is COc1cc([N+](=O)[O-])ccc1N1C(=O)C2C(C(C)C)NC3(C(=O)Nc4ccccc43)C2C1=O. The zero-order valence-electron chi connectivity index (χ0n) is 18.2. The first kappa shape index (κ1) is 21.1. The molecule has 0 saturated carbocycles. The molecule has 2 aromatic carbocycles. The Hall–Kier alpha value is -3.79. The molecule has 2 saturated heterocycles. The van der Waals surface area contributed by atoms with Crippen molar-refractivity contribution < 1.29 is 24.0 Å². The summed E-state index contributed by atoms with van der Waals surface area (Å²) in [5.41, 5.74) is -0.253. The fraction of sp³-hybridized carbons (Fsp3) is 0.348. The summed E-state index contributed by atoms with van der Waals surface area (Å²) in [4.78, 5) is 52.5. The van der Waals surface area contributed by atoms with Crippen molar-refractivity contribution in [3.8, 4) is 5.75 Å². The fourth-order valence-electron chi connectivity index (χ4n) is 5.47. The predicted octanol–water partition coefficient (Wildman–Crippen LogP) is 2.18. The van der Waals surface area contributed by atoms with Gasteiger partial charge in [0.1, 0.15) is 11.3 Å². The molecule has 3 amide bonds. The number of carbonyl (C=O) groups excluding carboxylic acids is 3. The number of para-hydroxylation sites is 1. The molecule has 4 atom stereocenters. The van der Waals surface area contributed by atoms with Crippen LogP contribution in [0.4, 0.5) is 17.1 Å². The van der Waals surface area contributed by atoms with Crippen LogP contribution in [0.2, 0.25) is 0 Å². The van der Waals surface area contributed by atoms with Crippen molar-refractivity contribution in [3.63, 3.8) is 0 Å². The number of carbonyl (C=O) groups is 3. The van der Waals surface area contributed by atoms with Crippen LogP contribution in [0, 0.1) is 27.9 Å². The summed E-state index contributed by atoms with van der Waals surface area (Å²) in [5, 5.41) is 17.4. The highest BCUT2D eigenvalue weighted by molar-refractivity contribution is 6.26. The molecule has 0 radical (unpaired) electrons. The molecular formula is C23H22N4O6. The van der Waals surface area contributed by atoms with E-state index < -0.39 is 40.2 Å². The maximum absolute atomic E-state index is 13.9. The molecule has 5 rings (SSSR count). The van der Waals surface area contributed by atoms with E-state index in [9.17, 15) is 24.5 Å². The van der Waals surface area contributed by atoms with Gasteiger partial charge >= 0.3 is 0 Å². The van der Waals surface area contributed by atoms with Gasteiger partial charge in [-0.1, -0.05) is 32.0 Å². The lowest BCUT2D eigenvalue weighted by Crippen LogP contribution is -2.54. The molecule has 10 heteroatoms. The van der Waals surface area contributed by atoms with Crippen LogP contribution >= 0.6 is 0 Å². The van der Waals surface area contributed by atoms with E-state index in [-0.39, 0.29) is 28.9 Å². The van der Waals surface area contributed by atoms with Gasteiger partial charge in [0.05, 0.1) is 35.6 Å². The van der Waals surface area contributed by atoms with Crippen LogP contribution in [0.5, 0.6) is 5.75 Å². The number of rotatable bonds is 4. The van der Waals surface area contributed by atoms with E-state index in [1.807, 2.05) is 13.8 Å². The highest BCUT2D eigenvalue weighted by Crippen LogP contribution is 2.55. The molecule has 33 heavy (non-hydrogen) atoms. The van der Waals surface area contributed by atoms with E-state index in [4.69, 9.17) is 4.74 Å². The molecular weight excluding hydrogens is 428 g/mol. The standard InChI is InChI=1S/C23H22N4O6/c1-11(2)19-17-18(23(25-19)13-6-4-5-7-14(13)24-22(23)30)21(29)26(20(17)28)15-9-8-12(27(31)32)10-16(15)33-3/h4-11,17-19,25H,1-3H3,(H,24,30). The molecule has 1 spiro atoms. The van der Waals surface area contributed by atoms with Crippen LogP contribution in [0.25, 0.3) is 0 Å². The number of nitro benzene ring substituents is 1. The van der Waals surface area contributed by atoms with E-state index in [0.717, 1.165) is 4.90 Å². The highest BCUT2D eigenvalue weighted by Gasteiger charge is 2.71. The first-order valence-electron chi connectivity index (χ1n) is 10.6. The minimum atomic E-state index is -1.38. The summed E-state index contributed by atoms with van der Waals surface area (Å²) in [6, 6.07) is 10.4. The Morgan fingerprint density at radius 1 is 1.12 bits per heavy atom. The molecule has 2 N–H and O–H groups in total. The number of amides is 3. The number of benzene rings is 2. The Bertz CT molecular complexity index is 1230. The van der Waals surface area contributed by atoms with E-state index in [0.29, 0.717) is 11.3 Å². The predicted molar refractivity (Wildman–Crippen MR) is 118 cm³/mol. The summed E-state index contributed by atoms with van der Waals surface area (Å²) in [5.74, 6) is -3.15. The molecule has 10 nitrogen and oxygen atoms in total. The maximum Gasteiger partial charge on any atom is 0.273 e. The minimum absolute atomic E-state index is 0.0326. The Kier molecular flexibility index (Phi) is 4.54. The second-order valence-corrected chi connectivity index (χ2v) is 8.85. The molecule has 2 fully saturated rings. The van der Waals surface area contributed by atoms with Crippen LogP contribution in [0.1, 0.15) is 19.4 Å². The average Bonchev–Trinajstić information content (AvgIpc) is 3.38. The van der Waals surface area contributed by atoms with Gasteiger partial charge in [0, 0.05) is 23.4 Å². The lowest BCUT2D eigenvalue weighted by molar-refractivity contribution is -0.384. The van der Waals surface area contributed by atoms with Gasteiger partial charge in [-0.2, -0.15) is 0 Å². The largest absolute Gasteiger partial charge is 0.494 e. The van der Waals surface area contributed by atoms with Crippen LogP contribution in [0.15, 0.2) is 42.5 Å². The van der Waals surface area contributed by atoms with Gasteiger partial charge in [-0.15, -0.1) is 0 Å². The van der Waals surface area contributed by atoms with Crippen LogP contribution < -0.4 is 20.3 Å². The molecule has 3 aliphatic rings. The summed E-state index contributed by atoms with van der Waals surface area (Å²) >= 11 is 0. The number of ether oxygens (including phenoxy) is 1. The van der Waals surface area contributed by atoms with Crippen molar-refractivity contribution >= 4 is 34.8 Å². The first-order chi connectivity index (χ1) is 15.7. The number of nitrogens with one attached hydrogen (secondary N) is 2. The van der Waals surface area contributed by atoms with Gasteiger partial charge in [0.15, 0.2) is 0 Å². The lowest BCUT2D eigenvalue weighted by atomic mass is 9.76. The van der Waals surface area contributed by atoms with Gasteiger partial charge in [-0.25, -0.2) is 4.90 Å². The number of methoxy groups -OCH3 is 1. The monoisotopic (exact) mass is 450 g/mol.